The number of rotatable bonds is 16. The molecule has 0 heterocycles. The van der Waals surface area contributed by atoms with E-state index in [2.05, 4.69) is 12.2 Å². The monoisotopic (exact) mass is 395 g/mol. The fourth-order valence-corrected chi connectivity index (χ4v) is 5.55. The zero-order valence-electron chi connectivity index (χ0n) is 18.3. The fourth-order valence-electron chi connectivity index (χ4n) is 5.55. The minimum absolute atomic E-state index is 0.0399. The van der Waals surface area contributed by atoms with Crippen LogP contribution in [0, 0.1) is 11.8 Å². The maximum Gasteiger partial charge on any atom is 0.220 e. The van der Waals surface area contributed by atoms with Gasteiger partial charge >= 0.3 is 0 Å². The van der Waals surface area contributed by atoms with E-state index in [0.29, 0.717) is 12.3 Å². The predicted molar refractivity (Wildman–Crippen MR) is 115 cm³/mol. The number of amides is 1. The lowest BCUT2D eigenvalue weighted by molar-refractivity contribution is -0.125. The lowest BCUT2D eigenvalue weighted by atomic mass is 9.79. The summed E-state index contributed by atoms with van der Waals surface area (Å²) in [7, 11) is 0. The molecular weight excluding hydrogens is 350 g/mol. The van der Waals surface area contributed by atoms with Gasteiger partial charge in [-0.2, -0.15) is 0 Å². The molecule has 4 atom stereocenters. The zero-order valence-corrected chi connectivity index (χ0v) is 18.3. The molecule has 0 aromatic carbocycles. The molecule has 0 aliphatic heterocycles. The van der Waals surface area contributed by atoms with Gasteiger partial charge in [-0.1, -0.05) is 84.0 Å². The highest BCUT2D eigenvalue weighted by molar-refractivity contribution is 5.77. The van der Waals surface area contributed by atoms with Gasteiger partial charge in [-0.05, 0) is 31.6 Å². The normalized spacial score (nSPS) is 28.8. The molecule has 0 unspecified atom stereocenters. The number of nitrogens with one attached hydrogen (secondary N) is 1. The van der Waals surface area contributed by atoms with E-state index in [1.807, 2.05) is 0 Å². The Morgan fingerprint density at radius 3 is 1.89 bits per heavy atom. The molecule has 2 rings (SSSR count). The molecule has 2 aliphatic carbocycles. The van der Waals surface area contributed by atoms with Crippen LogP contribution in [0.4, 0.5) is 0 Å². The van der Waals surface area contributed by atoms with Crippen molar-refractivity contribution >= 4 is 5.91 Å². The van der Waals surface area contributed by atoms with Crippen LogP contribution in [-0.2, 0) is 4.79 Å². The third-order valence-corrected chi connectivity index (χ3v) is 7.17. The highest BCUT2D eigenvalue weighted by Gasteiger charge is 2.55. The summed E-state index contributed by atoms with van der Waals surface area (Å²) in [4.78, 5) is 12.3. The van der Waals surface area contributed by atoms with Gasteiger partial charge in [-0.15, -0.1) is 0 Å². The van der Waals surface area contributed by atoms with Crippen molar-refractivity contribution in [3.8, 4) is 0 Å². The van der Waals surface area contributed by atoms with E-state index in [1.54, 1.807) is 0 Å². The van der Waals surface area contributed by atoms with Gasteiger partial charge in [0, 0.05) is 12.3 Å². The van der Waals surface area contributed by atoms with Crippen LogP contribution in [0.2, 0.25) is 0 Å². The molecule has 1 amide bonds. The van der Waals surface area contributed by atoms with Crippen LogP contribution in [0.25, 0.3) is 0 Å². The van der Waals surface area contributed by atoms with Crippen molar-refractivity contribution in [1.82, 2.24) is 5.32 Å². The topological polar surface area (TPSA) is 69.6 Å². The minimum Gasteiger partial charge on any atom is -0.394 e. The van der Waals surface area contributed by atoms with Gasteiger partial charge in [0.05, 0.1) is 18.2 Å². The average molecular weight is 396 g/mol. The molecule has 0 aromatic rings. The first-order chi connectivity index (χ1) is 13.6. The molecule has 0 aromatic heterocycles. The Bertz CT molecular complexity index is 442. The van der Waals surface area contributed by atoms with E-state index >= 15 is 0 Å². The highest BCUT2D eigenvalue weighted by Crippen LogP contribution is 2.50. The van der Waals surface area contributed by atoms with E-state index in [-0.39, 0.29) is 24.5 Å². The lowest BCUT2D eigenvalue weighted by Gasteiger charge is -2.39. The summed E-state index contributed by atoms with van der Waals surface area (Å²) in [5.74, 6) is 0.554. The Morgan fingerprint density at radius 2 is 1.43 bits per heavy atom. The molecule has 2 fully saturated rings. The maximum absolute atomic E-state index is 12.3. The van der Waals surface area contributed by atoms with Gasteiger partial charge in [0.25, 0.3) is 0 Å². The van der Waals surface area contributed by atoms with Crippen LogP contribution in [0.3, 0.4) is 0 Å². The van der Waals surface area contributed by atoms with Crippen molar-refractivity contribution in [2.45, 2.75) is 128 Å². The molecular formula is C24H45NO3. The summed E-state index contributed by atoms with van der Waals surface area (Å²) < 4.78 is 0. The molecule has 2 bridgehead atoms. The highest BCUT2D eigenvalue weighted by atomic mass is 16.3. The number of aliphatic hydroxyl groups is 2. The Morgan fingerprint density at radius 1 is 0.893 bits per heavy atom. The van der Waals surface area contributed by atoms with Gasteiger partial charge in [-0.3, -0.25) is 4.79 Å². The molecule has 4 nitrogen and oxygen atoms in total. The number of hydrogen-bond donors (Lipinski definition) is 3. The van der Waals surface area contributed by atoms with Crippen LogP contribution in [0.5, 0.6) is 0 Å². The molecule has 28 heavy (non-hydrogen) atoms. The second-order valence-corrected chi connectivity index (χ2v) is 9.57. The first kappa shape index (κ1) is 23.7. The molecule has 3 N–H and O–H groups in total. The Balaban J connectivity index is 1.43. The van der Waals surface area contributed by atoms with Gasteiger partial charge in [0.2, 0.25) is 5.91 Å². The first-order valence-corrected chi connectivity index (χ1v) is 12.2. The largest absolute Gasteiger partial charge is 0.394 e. The molecule has 0 spiro atoms. The summed E-state index contributed by atoms with van der Waals surface area (Å²) >= 11 is 0. The van der Waals surface area contributed by atoms with Crippen molar-refractivity contribution in [2.24, 2.45) is 11.8 Å². The smallest absolute Gasteiger partial charge is 0.220 e. The van der Waals surface area contributed by atoms with E-state index in [0.717, 1.165) is 32.1 Å². The molecule has 4 heteroatoms. The number of unbranched alkanes of at least 4 members (excludes halogenated alkanes) is 12. The molecule has 0 saturated heterocycles. The van der Waals surface area contributed by atoms with E-state index in [4.69, 9.17) is 0 Å². The van der Waals surface area contributed by atoms with Gasteiger partial charge in [0.15, 0.2) is 0 Å². The Labute approximate surface area is 172 Å². The number of carbonyl (C=O) groups excluding carboxylic acids is 1. The van der Waals surface area contributed by atoms with Crippen LogP contribution in [0.1, 0.15) is 116 Å². The molecule has 2 aliphatic rings. The average Bonchev–Trinajstić information content (AvgIpc) is 3.22. The SMILES string of the molecule is CCCCCCCCCCCCCCCC(=O)N[C@@]1(CO)C[C@H]2C[C@@H](O)[C@@H]1C2. The standard InChI is InChI=1S/C24H45NO3/c1-2-3-4-5-6-7-8-9-10-11-12-13-14-15-23(28)25-24(19-26)18-20-16-21(24)22(27)17-20/h20-22,26-27H,2-19H2,1H3,(H,25,28)/t20-,21+,22-,24-/m1/s1. The van der Waals surface area contributed by atoms with E-state index < -0.39 is 5.54 Å². The molecule has 164 valence electrons. The van der Waals surface area contributed by atoms with Crippen molar-refractivity contribution < 1.29 is 15.0 Å². The molecule has 0 radical (unpaired) electrons. The fraction of sp³-hybridized carbons (Fsp3) is 0.958. The van der Waals surface area contributed by atoms with Gasteiger partial charge < -0.3 is 15.5 Å². The summed E-state index contributed by atoms with van der Waals surface area (Å²) in [6, 6.07) is 0. The van der Waals surface area contributed by atoms with Crippen molar-refractivity contribution in [3.63, 3.8) is 0 Å². The van der Waals surface area contributed by atoms with Crippen LogP contribution in [-0.4, -0.2) is 34.4 Å². The summed E-state index contributed by atoms with van der Waals surface area (Å²) in [5, 5.41) is 23.1. The van der Waals surface area contributed by atoms with Crippen LogP contribution < -0.4 is 5.32 Å². The summed E-state index contributed by atoms with van der Waals surface area (Å²) in [6.07, 6.45) is 19.8. The number of carbonyl (C=O) groups is 1. The van der Waals surface area contributed by atoms with Crippen molar-refractivity contribution in [1.29, 1.82) is 0 Å². The second-order valence-electron chi connectivity index (χ2n) is 9.57. The number of fused-ring (bicyclic) bond motifs is 2. The maximum atomic E-state index is 12.3. The van der Waals surface area contributed by atoms with Gasteiger partial charge in [0.1, 0.15) is 0 Å². The number of hydrogen-bond acceptors (Lipinski definition) is 3. The zero-order chi connectivity index (χ0) is 20.2. The molecule has 2 saturated carbocycles. The van der Waals surface area contributed by atoms with Crippen LogP contribution in [0.15, 0.2) is 0 Å². The third-order valence-electron chi connectivity index (χ3n) is 7.17. The first-order valence-electron chi connectivity index (χ1n) is 12.2. The Hall–Kier alpha value is -0.610. The van der Waals surface area contributed by atoms with E-state index in [1.165, 1.54) is 70.6 Å². The van der Waals surface area contributed by atoms with E-state index in [9.17, 15) is 15.0 Å². The van der Waals surface area contributed by atoms with Gasteiger partial charge in [-0.25, -0.2) is 0 Å². The lowest BCUT2D eigenvalue weighted by Crippen LogP contribution is -2.58. The van der Waals surface area contributed by atoms with Crippen LogP contribution >= 0.6 is 0 Å². The Kier molecular flexibility index (Phi) is 10.9. The van der Waals surface area contributed by atoms with Crippen molar-refractivity contribution in [3.05, 3.63) is 0 Å². The summed E-state index contributed by atoms with van der Waals surface area (Å²) in [5.41, 5.74) is -0.560. The minimum atomic E-state index is -0.560. The predicted octanol–water partition coefficient (Wildman–Crippen LogP) is 5.11. The number of aliphatic hydroxyl groups excluding tert-OH is 2. The third kappa shape index (κ3) is 7.33. The van der Waals surface area contributed by atoms with Crippen molar-refractivity contribution in [2.75, 3.05) is 6.61 Å². The second kappa shape index (κ2) is 12.8. The summed E-state index contributed by atoms with van der Waals surface area (Å²) in [6.45, 7) is 2.22. The quantitative estimate of drug-likeness (QED) is 0.318.